The number of thiophene rings is 1. The lowest BCUT2D eigenvalue weighted by Gasteiger charge is -2.22. The fourth-order valence-corrected chi connectivity index (χ4v) is 2.12. The van der Waals surface area contributed by atoms with Crippen LogP contribution in [0.3, 0.4) is 0 Å². The molecular weight excluding hydrogens is 293 g/mol. The van der Waals surface area contributed by atoms with Crippen molar-refractivity contribution >= 4 is 23.2 Å². The van der Waals surface area contributed by atoms with Crippen molar-refractivity contribution in [2.24, 2.45) is 0 Å². The Morgan fingerprint density at radius 3 is 2.40 bits per heavy atom. The van der Waals surface area contributed by atoms with Crippen LogP contribution < -0.4 is 0 Å². The van der Waals surface area contributed by atoms with E-state index in [1.165, 1.54) is 30.3 Å². The van der Waals surface area contributed by atoms with E-state index in [1.54, 1.807) is 17.5 Å². The van der Waals surface area contributed by atoms with Crippen molar-refractivity contribution in [2.75, 3.05) is 27.2 Å². The Morgan fingerprint density at radius 1 is 1.25 bits per heavy atom. The minimum absolute atomic E-state index is 0.245. The van der Waals surface area contributed by atoms with E-state index in [-0.39, 0.29) is 12.5 Å². The van der Waals surface area contributed by atoms with Crippen LogP contribution in [-0.4, -0.2) is 55.0 Å². The number of hydrogen-bond donors (Lipinski definition) is 0. The Balaban J connectivity index is 2.47. The number of halogens is 3. The summed E-state index contributed by atoms with van der Waals surface area (Å²) in [6.07, 6.45) is -5.36. The lowest BCUT2D eigenvalue weighted by molar-refractivity contribution is -0.144. The van der Waals surface area contributed by atoms with Crippen LogP contribution in [0.1, 0.15) is 16.1 Å². The smallest absolute Gasteiger partial charge is 0.344 e. The fourth-order valence-electron chi connectivity index (χ4n) is 1.40. The maximum atomic E-state index is 12.1. The van der Waals surface area contributed by atoms with Gasteiger partial charge in [-0.25, -0.2) is 0 Å². The predicted octanol–water partition coefficient (Wildman–Crippen LogP) is 2.23. The van der Waals surface area contributed by atoms with Crippen LogP contribution >= 0.6 is 11.3 Å². The number of alkyl halides is 3. The number of carbonyl (C=O) groups is 2. The molecule has 8 heteroatoms. The predicted molar refractivity (Wildman–Crippen MR) is 69.6 cm³/mol. The molecule has 20 heavy (non-hydrogen) atoms. The highest BCUT2D eigenvalue weighted by molar-refractivity contribution is 7.12. The average Bonchev–Trinajstić information content (AvgIpc) is 2.87. The molecule has 0 fully saturated rings. The molecule has 0 saturated heterocycles. The van der Waals surface area contributed by atoms with Gasteiger partial charge in [-0.3, -0.25) is 9.59 Å². The van der Waals surface area contributed by atoms with Gasteiger partial charge in [0.25, 0.3) is 5.91 Å². The first kappa shape index (κ1) is 16.5. The molecule has 0 spiro atoms. The normalized spacial score (nSPS) is 11.2. The highest BCUT2D eigenvalue weighted by Gasteiger charge is 2.28. The maximum Gasteiger partial charge on any atom is 0.390 e. The Morgan fingerprint density at radius 2 is 1.90 bits per heavy atom. The SMILES string of the molecule is CN(CCC(F)(F)F)C(=O)CN(C)C(=O)c1cccs1. The van der Waals surface area contributed by atoms with Crippen LogP contribution in [0.15, 0.2) is 17.5 Å². The van der Waals surface area contributed by atoms with Gasteiger partial charge in [-0.2, -0.15) is 13.2 Å². The summed E-state index contributed by atoms with van der Waals surface area (Å²) in [5.74, 6) is -0.848. The van der Waals surface area contributed by atoms with Crippen molar-refractivity contribution in [2.45, 2.75) is 12.6 Å². The molecule has 2 amide bonds. The van der Waals surface area contributed by atoms with Crippen LogP contribution in [0.2, 0.25) is 0 Å². The van der Waals surface area contributed by atoms with Crippen LogP contribution in [0.25, 0.3) is 0 Å². The monoisotopic (exact) mass is 308 g/mol. The summed E-state index contributed by atoms with van der Waals surface area (Å²) >= 11 is 1.24. The van der Waals surface area contributed by atoms with Gasteiger partial charge in [0.05, 0.1) is 17.8 Å². The summed E-state index contributed by atoms with van der Waals surface area (Å²) in [5, 5.41) is 1.73. The van der Waals surface area contributed by atoms with Crippen LogP contribution in [0.5, 0.6) is 0 Å². The molecule has 0 radical (unpaired) electrons. The average molecular weight is 308 g/mol. The van der Waals surface area contributed by atoms with Crippen LogP contribution in [0, 0.1) is 0 Å². The Labute approximate surface area is 118 Å². The molecule has 0 N–H and O–H groups in total. The molecule has 1 aromatic rings. The minimum atomic E-state index is -4.30. The molecule has 0 unspecified atom stereocenters. The highest BCUT2D eigenvalue weighted by Crippen LogP contribution is 2.19. The summed E-state index contributed by atoms with van der Waals surface area (Å²) < 4.78 is 36.2. The second kappa shape index (κ2) is 6.74. The number of hydrogen-bond acceptors (Lipinski definition) is 3. The Bertz CT molecular complexity index is 460. The van der Waals surface area contributed by atoms with E-state index < -0.39 is 25.0 Å². The third kappa shape index (κ3) is 5.20. The Kier molecular flexibility index (Phi) is 5.55. The summed E-state index contributed by atoms with van der Waals surface area (Å²) in [6.45, 7) is -0.658. The van der Waals surface area contributed by atoms with Crippen molar-refractivity contribution in [1.82, 2.24) is 9.80 Å². The molecule has 112 valence electrons. The zero-order chi connectivity index (χ0) is 15.3. The molecule has 0 atom stereocenters. The summed E-state index contributed by atoms with van der Waals surface area (Å²) in [7, 11) is 2.73. The van der Waals surface area contributed by atoms with E-state index >= 15 is 0 Å². The first-order valence-corrected chi connectivity index (χ1v) is 6.68. The lowest BCUT2D eigenvalue weighted by Crippen LogP contribution is -2.40. The largest absolute Gasteiger partial charge is 0.390 e. The van der Waals surface area contributed by atoms with Crippen molar-refractivity contribution < 1.29 is 22.8 Å². The van der Waals surface area contributed by atoms with Gasteiger partial charge in [0.1, 0.15) is 0 Å². The van der Waals surface area contributed by atoms with Crippen LogP contribution in [-0.2, 0) is 4.79 Å². The molecule has 1 aromatic heterocycles. The van der Waals surface area contributed by atoms with E-state index in [0.717, 1.165) is 4.90 Å². The standard InChI is InChI=1S/C12H15F3N2O2S/c1-16(6-5-12(13,14)15)10(18)8-17(2)11(19)9-4-3-7-20-9/h3-4,7H,5-6,8H2,1-2H3. The number of rotatable bonds is 5. The van der Waals surface area contributed by atoms with Gasteiger partial charge in [0.2, 0.25) is 5.91 Å². The molecule has 0 aliphatic rings. The van der Waals surface area contributed by atoms with Gasteiger partial charge < -0.3 is 9.80 Å². The fraction of sp³-hybridized carbons (Fsp3) is 0.500. The first-order valence-electron chi connectivity index (χ1n) is 5.80. The van der Waals surface area contributed by atoms with Crippen molar-refractivity contribution in [3.63, 3.8) is 0 Å². The molecule has 1 rings (SSSR count). The van der Waals surface area contributed by atoms with Crippen molar-refractivity contribution in [3.8, 4) is 0 Å². The van der Waals surface area contributed by atoms with E-state index in [9.17, 15) is 22.8 Å². The number of nitrogens with zero attached hydrogens (tertiary/aromatic N) is 2. The molecule has 4 nitrogen and oxygen atoms in total. The molecule has 0 aliphatic heterocycles. The van der Waals surface area contributed by atoms with Gasteiger partial charge in [-0.15, -0.1) is 11.3 Å². The zero-order valence-electron chi connectivity index (χ0n) is 11.1. The summed E-state index contributed by atoms with van der Waals surface area (Å²) in [4.78, 5) is 26.2. The van der Waals surface area contributed by atoms with Gasteiger partial charge in [-0.1, -0.05) is 6.07 Å². The van der Waals surface area contributed by atoms with E-state index in [4.69, 9.17) is 0 Å². The van der Waals surface area contributed by atoms with E-state index in [1.807, 2.05) is 0 Å². The first-order chi connectivity index (χ1) is 9.20. The third-order valence-electron chi connectivity index (χ3n) is 2.61. The molecular formula is C12H15F3N2O2S. The second-order valence-corrected chi connectivity index (χ2v) is 5.27. The molecule has 0 aromatic carbocycles. The molecule has 0 saturated carbocycles. The lowest BCUT2D eigenvalue weighted by atomic mass is 10.3. The minimum Gasteiger partial charge on any atom is -0.344 e. The van der Waals surface area contributed by atoms with Gasteiger partial charge >= 0.3 is 6.18 Å². The van der Waals surface area contributed by atoms with Crippen molar-refractivity contribution in [1.29, 1.82) is 0 Å². The van der Waals surface area contributed by atoms with Gasteiger partial charge in [-0.05, 0) is 11.4 Å². The second-order valence-electron chi connectivity index (χ2n) is 4.32. The quantitative estimate of drug-likeness (QED) is 0.837. The molecule has 0 aliphatic carbocycles. The van der Waals surface area contributed by atoms with Gasteiger partial charge in [0.15, 0.2) is 0 Å². The van der Waals surface area contributed by atoms with Crippen molar-refractivity contribution in [3.05, 3.63) is 22.4 Å². The highest BCUT2D eigenvalue weighted by atomic mass is 32.1. The summed E-state index contributed by atoms with van der Waals surface area (Å²) in [6, 6.07) is 3.34. The number of amides is 2. The number of likely N-dealkylation sites (N-methyl/N-ethyl adjacent to an activating group) is 2. The molecule has 0 bridgehead atoms. The van der Waals surface area contributed by atoms with E-state index in [2.05, 4.69) is 0 Å². The molecule has 1 heterocycles. The zero-order valence-corrected chi connectivity index (χ0v) is 11.9. The van der Waals surface area contributed by atoms with E-state index in [0.29, 0.717) is 4.88 Å². The third-order valence-corrected chi connectivity index (χ3v) is 3.47. The summed E-state index contributed by atoms with van der Waals surface area (Å²) in [5.41, 5.74) is 0. The van der Waals surface area contributed by atoms with Crippen LogP contribution in [0.4, 0.5) is 13.2 Å². The number of carbonyl (C=O) groups excluding carboxylic acids is 2. The Hall–Kier alpha value is -1.57. The topological polar surface area (TPSA) is 40.6 Å². The maximum absolute atomic E-state index is 12.1. The van der Waals surface area contributed by atoms with Gasteiger partial charge in [0, 0.05) is 20.6 Å².